The zero-order chi connectivity index (χ0) is 16.7. The first-order valence-corrected chi connectivity index (χ1v) is 8.19. The van der Waals surface area contributed by atoms with Gasteiger partial charge in [0.25, 0.3) is 5.91 Å². The van der Waals surface area contributed by atoms with Gasteiger partial charge in [-0.15, -0.1) is 0 Å². The number of aromatic nitrogens is 2. The monoisotopic (exact) mass is 324 g/mol. The highest BCUT2D eigenvalue weighted by molar-refractivity contribution is 5.80. The summed E-state index contributed by atoms with van der Waals surface area (Å²) < 4.78 is 12.3. The lowest BCUT2D eigenvalue weighted by Gasteiger charge is -2.24. The van der Waals surface area contributed by atoms with Gasteiger partial charge in [0.2, 0.25) is 0 Å². The van der Waals surface area contributed by atoms with Crippen LogP contribution in [0.25, 0.3) is 0 Å². The third-order valence-corrected chi connectivity index (χ3v) is 4.07. The Bertz CT molecular complexity index is 491. The van der Waals surface area contributed by atoms with E-state index in [1.165, 1.54) is 5.56 Å². The molecular weight excluding hydrogens is 296 g/mol. The standard InChI is InChI=1S/C16H28N4O3/c1-14(23-10-9-22-3)16(21)20-6-4-5-19(7-8-20)13-15-11-17-18(2)12-15/h11-12,14H,4-10,13H2,1-3H3. The molecule has 1 atom stereocenters. The van der Waals surface area contributed by atoms with E-state index in [4.69, 9.17) is 9.47 Å². The highest BCUT2D eigenvalue weighted by atomic mass is 16.5. The second kappa shape index (κ2) is 9.00. The molecule has 1 unspecified atom stereocenters. The zero-order valence-electron chi connectivity index (χ0n) is 14.4. The summed E-state index contributed by atoms with van der Waals surface area (Å²) in [7, 11) is 3.55. The second-order valence-corrected chi connectivity index (χ2v) is 5.98. The van der Waals surface area contributed by atoms with E-state index in [1.54, 1.807) is 7.11 Å². The van der Waals surface area contributed by atoms with Gasteiger partial charge in [-0.05, 0) is 13.3 Å². The van der Waals surface area contributed by atoms with Gasteiger partial charge >= 0.3 is 0 Å². The molecule has 1 saturated heterocycles. The summed E-state index contributed by atoms with van der Waals surface area (Å²) in [5, 5.41) is 4.21. The van der Waals surface area contributed by atoms with Crippen LogP contribution in [-0.2, 0) is 27.9 Å². The van der Waals surface area contributed by atoms with E-state index in [9.17, 15) is 4.79 Å². The largest absolute Gasteiger partial charge is 0.382 e. The summed E-state index contributed by atoms with van der Waals surface area (Å²) in [4.78, 5) is 16.7. The van der Waals surface area contributed by atoms with E-state index in [1.807, 2.05) is 35.9 Å². The van der Waals surface area contributed by atoms with E-state index < -0.39 is 6.10 Å². The Hall–Kier alpha value is -1.44. The summed E-state index contributed by atoms with van der Waals surface area (Å²) in [6, 6.07) is 0. The average Bonchev–Trinajstić information content (AvgIpc) is 2.80. The Labute approximate surface area is 138 Å². The number of nitrogens with zero attached hydrogens (tertiary/aromatic N) is 4. The number of hydrogen-bond donors (Lipinski definition) is 0. The Morgan fingerprint density at radius 3 is 2.83 bits per heavy atom. The zero-order valence-corrected chi connectivity index (χ0v) is 14.4. The first-order valence-electron chi connectivity index (χ1n) is 8.19. The maximum absolute atomic E-state index is 12.4. The minimum Gasteiger partial charge on any atom is -0.382 e. The number of hydrogen-bond acceptors (Lipinski definition) is 5. The second-order valence-electron chi connectivity index (χ2n) is 5.98. The van der Waals surface area contributed by atoms with E-state index in [-0.39, 0.29) is 5.91 Å². The van der Waals surface area contributed by atoms with Crippen molar-refractivity contribution in [2.45, 2.75) is 26.0 Å². The molecule has 0 N–H and O–H groups in total. The number of carbonyl (C=O) groups excluding carboxylic acids is 1. The number of ether oxygens (including phenoxy) is 2. The van der Waals surface area contributed by atoms with Gasteiger partial charge in [-0.3, -0.25) is 14.4 Å². The highest BCUT2D eigenvalue weighted by Gasteiger charge is 2.23. The number of aryl methyl sites for hydroxylation is 1. The predicted molar refractivity (Wildman–Crippen MR) is 87.0 cm³/mol. The van der Waals surface area contributed by atoms with Crippen LogP contribution < -0.4 is 0 Å². The Kier molecular flexibility index (Phi) is 7.01. The third kappa shape index (κ3) is 5.60. The van der Waals surface area contributed by atoms with Crippen LogP contribution >= 0.6 is 0 Å². The third-order valence-electron chi connectivity index (χ3n) is 4.07. The fourth-order valence-electron chi connectivity index (χ4n) is 2.80. The van der Waals surface area contributed by atoms with Crippen LogP contribution in [0.5, 0.6) is 0 Å². The van der Waals surface area contributed by atoms with Crippen LogP contribution in [0.2, 0.25) is 0 Å². The molecule has 1 aliphatic heterocycles. The van der Waals surface area contributed by atoms with E-state index in [0.717, 1.165) is 39.1 Å². The van der Waals surface area contributed by atoms with Crippen LogP contribution in [0.15, 0.2) is 12.4 Å². The highest BCUT2D eigenvalue weighted by Crippen LogP contribution is 2.10. The van der Waals surface area contributed by atoms with Gasteiger partial charge < -0.3 is 14.4 Å². The number of methoxy groups -OCH3 is 1. The first kappa shape index (κ1) is 17.9. The number of carbonyl (C=O) groups is 1. The van der Waals surface area contributed by atoms with Gasteiger partial charge in [-0.25, -0.2) is 0 Å². The van der Waals surface area contributed by atoms with Gasteiger partial charge in [0.1, 0.15) is 6.10 Å². The van der Waals surface area contributed by atoms with Crippen LogP contribution in [0.3, 0.4) is 0 Å². The molecule has 23 heavy (non-hydrogen) atoms. The van der Waals surface area contributed by atoms with Crippen molar-refractivity contribution in [2.75, 3.05) is 46.5 Å². The number of amides is 1. The summed E-state index contributed by atoms with van der Waals surface area (Å²) >= 11 is 0. The van der Waals surface area contributed by atoms with Gasteiger partial charge in [-0.2, -0.15) is 5.10 Å². The molecule has 7 heteroatoms. The molecule has 1 aromatic heterocycles. The van der Waals surface area contributed by atoms with Crippen molar-refractivity contribution in [3.05, 3.63) is 18.0 Å². The maximum Gasteiger partial charge on any atom is 0.251 e. The molecule has 0 aromatic carbocycles. The van der Waals surface area contributed by atoms with Crippen molar-refractivity contribution in [2.24, 2.45) is 7.05 Å². The summed E-state index contributed by atoms with van der Waals surface area (Å²) in [5.41, 5.74) is 1.21. The Morgan fingerprint density at radius 2 is 2.13 bits per heavy atom. The van der Waals surface area contributed by atoms with Gasteiger partial charge in [0.05, 0.1) is 19.4 Å². The molecule has 1 fully saturated rings. The van der Waals surface area contributed by atoms with Gasteiger partial charge in [-0.1, -0.05) is 0 Å². The first-order chi connectivity index (χ1) is 11.1. The number of rotatable bonds is 7. The molecule has 0 saturated carbocycles. The lowest BCUT2D eigenvalue weighted by molar-refractivity contribution is -0.143. The lowest BCUT2D eigenvalue weighted by Crippen LogP contribution is -2.41. The van der Waals surface area contributed by atoms with Crippen molar-refractivity contribution >= 4 is 5.91 Å². The predicted octanol–water partition coefficient (Wildman–Crippen LogP) is 0.506. The van der Waals surface area contributed by atoms with Crippen molar-refractivity contribution in [3.8, 4) is 0 Å². The van der Waals surface area contributed by atoms with Crippen LogP contribution in [-0.4, -0.2) is 78.1 Å². The van der Waals surface area contributed by atoms with Crippen molar-refractivity contribution in [1.29, 1.82) is 0 Å². The smallest absolute Gasteiger partial charge is 0.251 e. The molecular formula is C16H28N4O3. The molecule has 130 valence electrons. The average molecular weight is 324 g/mol. The van der Waals surface area contributed by atoms with Crippen LogP contribution in [0.4, 0.5) is 0 Å². The topological polar surface area (TPSA) is 59.8 Å². The normalized spacial score (nSPS) is 18.0. The lowest BCUT2D eigenvalue weighted by atomic mass is 10.3. The van der Waals surface area contributed by atoms with E-state index in [0.29, 0.717) is 13.2 Å². The molecule has 1 amide bonds. The van der Waals surface area contributed by atoms with E-state index in [2.05, 4.69) is 10.00 Å². The molecule has 1 aliphatic rings. The molecule has 7 nitrogen and oxygen atoms in total. The molecule has 0 spiro atoms. The summed E-state index contributed by atoms with van der Waals surface area (Å²) in [5.74, 6) is 0.0735. The molecule has 0 bridgehead atoms. The SMILES string of the molecule is COCCOC(C)C(=O)N1CCCN(Cc2cnn(C)c2)CC1. The van der Waals surface area contributed by atoms with Crippen molar-refractivity contribution in [3.63, 3.8) is 0 Å². The van der Waals surface area contributed by atoms with Crippen molar-refractivity contribution < 1.29 is 14.3 Å². The maximum atomic E-state index is 12.4. The molecule has 0 radical (unpaired) electrons. The minimum absolute atomic E-state index is 0.0735. The fourth-order valence-corrected chi connectivity index (χ4v) is 2.80. The molecule has 1 aromatic rings. The quantitative estimate of drug-likeness (QED) is 0.684. The molecule has 2 heterocycles. The van der Waals surface area contributed by atoms with Crippen LogP contribution in [0, 0.1) is 0 Å². The van der Waals surface area contributed by atoms with Crippen molar-refractivity contribution in [1.82, 2.24) is 19.6 Å². The van der Waals surface area contributed by atoms with Gasteiger partial charge in [0.15, 0.2) is 0 Å². The Balaban J connectivity index is 1.79. The summed E-state index contributed by atoms with van der Waals surface area (Å²) in [6.07, 6.45) is 4.52. The van der Waals surface area contributed by atoms with Crippen LogP contribution in [0.1, 0.15) is 18.9 Å². The Morgan fingerprint density at radius 1 is 1.30 bits per heavy atom. The summed E-state index contributed by atoms with van der Waals surface area (Å²) in [6.45, 7) is 7.08. The molecule has 2 rings (SSSR count). The minimum atomic E-state index is -0.407. The molecule has 0 aliphatic carbocycles. The van der Waals surface area contributed by atoms with Gasteiger partial charge in [0, 0.05) is 58.6 Å². The van der Waals surface area contributed by atoms with E-state index >= 15 is 0 Å². The fraction of sp³-hybridized carbons (Fsp3) is 0.750.